The van der Waals surface area contributed by atoms with E-state index >= 15 is 0 Å². The number of hydrogen-bond donors (Lipinski definition) is 1. The normalized spacial score (nSPS) is 6.93. The van der Waals surface area contributed by atoms with Gasteiger partial charge in [0.25, 0.3) is 5.91 Å². The monoisotopic (exact) mass is 550 g/mol. The van der Waals surface area contributed by atoms with Crippen LogP contribution in [0.1, 0.15) is 50.4 Å². The standard InChI is InChI=1S/C20H6.C15H20N4O3/c1-3-5-7-9-11-13-15-17-19-20-18-16-14-12-10-8-6-4-2;1-12(20)4-2-11-22-14-7-5-13(6-8-14)15(21)17-9-3-10-18-19-16/h1-2H3;5-8H,2-4,9-11H2,1H3,(H,17,21). The van der Waals surface area contributed by atoms with Gasteiger partial charge in [-0.15, -0.1) is 0 Å². The fourth-order valence-electron chi connectivity index (χ4n) is 2.27. The van der Waals surface area contributed by atoms with E-state index in [1.165, 1.54) is 0 Å². The topological polar surface area (TPSA) is 104 Å². The van der Waals surface area contributed by atoms with Gasteiger partial charge in [-0.25, -0.2) is 0 Å². The summed E-state index contributed by atoms with van der Waals surface area (Å²) in [6, 6.07) is 6.82. The van der Waals surface area contributed by atoms with Crippen LogP contribution in [-0.2, 0) is 4.79 Å². The Morgan fingerprint density at radius 3 is 1.62 bits per heavy atom. The number of ketones is 1. The zero-order valence-electron chi connectivity index (χ0n) is 23.6. The van der Waals surface area contributed by atoms with E-state index in [4.69, 9.17) is 10.3 Å². The van der Waals surface area contributed by atoms with Crippen LogP contribution in [0, 0.1) is 107 Å². The highest BCUT2D eigenvalue weighted by Gasteiger charge is 2.05. The minimum Gasteiger partial charge on any atom is -0.494 e. The Kier molecular flexibility index (Phi) is 23.3. The summed E-state index contributed by atoms with van der Waals surface area (Å²) in [5.41, 5.74) is 8.67. The fourth-order valence-corrected chi connectivity index (χ4v) is 2.27. The number of ether oxygens (including phenoxy) is 1. The molecule has 0 aromatic heterocycles. The molecular formula is C35H26N4O3. The molecule has 42 heavy (non-hydrogen) atoms. The molecule has 1 aromatic rings. The first-order chi connectivity index (χ1) is 20.5. The molecule has 0 atom stereocenters. The van der Waals surface area contributed by atoms with Crippen molar-refractivity contribution in [2.75, 3.05) is 19.7 Å². The quantitative estimate of drug-likeness (QED) is 0.157. The molecule has 1 N–H and O–H groups in total. The Balaban J connectivity index is 0.000000805. The number of Topliss-reactive ketones (excluding diaryl/α,β-unsaturated/α-hetero) is 1. The van der Waals surface area contributed by atoms with Crippen LogP contribution in [0.5, 0.6) is 5.75 Å². The molecule has 1 amide bonds. The van der Waals surface area contributed by atoms with Crippen LogP contribution < -0.4 is 10.1 Å². The SMILES string of the molecule is CC#CC#CC#CC#CC#CC#CC#CC#CC#CC.CC(=O)CCCOc1ccc(C(=O)NCCCN=[N+]=[N-])cc1. The number of rotatable bonds is 10. The maximum atomic E-state index is 11.8. The Morgan fingerprint density at radius 1 is 0.762 bits per heavy atom. The van der Waals surface area contributed by atoms with E-state index in [2.05, 4.69) is 122 Å². The Hall–Kier alpha value is -6.49. The number of nitrogens with zero attached hydrogens (tertiary/aromatic N) is 3. The third kappa shape index (κ3) is 23.9. The number of carbonyl (C=O) groups is 2. The molecule has 1 aromatic carbocycles. The fraction of sp³-hybridized carbons (Fsp3) is 0.257. The van der Waals surface area contributed by atoms with E-state index in [0.717, 1.165) is 0 Å². The molecule has 0 spiro atoms. The first-order valence-electron chi connectivity index (χ1n) is 12.4. The van der Waals surface area contributed by atoms with Crippen LogP contribution in [0.4, 0.5) is 0 Å². The predicted octanol–water partition coefficient (Wildman–Crippen LogP) is 3.92. The van der Waals surface area contributed by atoms with Gasteiger partial charge in [-0.3, -0.25) is 4.79 Å². The Bertz CT molecular complexity index is 1610. The lowest BCUT2D eigenvalue weighted by atomic mass is 10.2. The van der Waals surface area contributed by atoms with Crippen LogP contribution in [0.3, 0.4) is 0 Å². The molecule has 1 rings (SSSR count). The van der Waals surface area contributed by atoms with Gasteiger partial charge in [0.15, 0.2) is 0 Å². The van der Waals surface area contributed by atoms with Gasteiger partial charge in [-0.1, -0.05) is 17.0 Å². The highest BCUT2D eigenvalue weighted by atomic mass is 16.5. The van der Waals surface area contributed by atoms with Crippen LogP contribution in [0.15, 0.2) is 29.4 Å². The molecule has 7 heteroatoms. The lowest BCUT2D eigenvalue weighted by Crippen LogP contribution is -2.24. The molecular weight excluding hydrogens is 524 g/mol. The van der Waals surface area contributed by atoms with Crippen molar-refractivity contribution in [2.45, 2.75) is 40.0 Å². The molecule has 0 fully saturated rings. The van der Waals surface area contributed by atoms with Crippen LogP contribution >= 0.6 is 0 Å². The van der Waals surface area contributed by atoms with Gasteiger partial charge in [0.05, 0.1) is 6.61 Å². The van der Waals surface area contributed by atoms with Gasteiger partial charge in [-0.05, 0) is 158 Å². The summed E-state index contributed by atoms with van der Waals surface area (Å²) < 4.78 is 5.49. The first kappa shape index (κ1) is 35.5. The Labute approximate surface area is 248 Å². The molecule has 0 aliphatic rings. The zero-order valence-corrected chi connectivity index (χ0v) is 23.6. The molecule has 0 bridgehead atoms. The van der Waals surface area contributed by atoms with E-state index in [0.29, 0.717) is 50.3 Å². The minimum absolute atomic E-state index is 0.149. The van der Waals surface area contributed by atoms with Crippen LogP contribution in [0.25, 0.3) is 10.4 Å². The molecule has 0 saturated heterocycles. The smallest absolute Gasteiger partial charge is 0.251 e. The third-order valence-electron chi connectivity index (χ3n) is 4.03. The van der Waals surface area contributed by atoms with Crippen molar-refractivity contribution in [1.82, 2.24) is 5.32 Å². The van der Waals surface area contributed by atoms with Crippen molar-refractivity contribution >= 4 is 11.7 Å². The predicted molar refractivity (Wildman–Crippen MR) is 164 cm³/mol. The number of hydrogen-bond acceptors (Lipinski definition) is 4. The van der Waals surface area contributed by atoms with Crippen molar-refractivity contribution in [2.24, 2.45) is 5.11 Å². The van der Waals surface area contributed by atoms with Crippen molar-refractivity contribution < 1.29 is 14.3 Å². The number of amides is 1. The lowest BCUT2D eigenvalue weighted by Gasteiger charge is -2.07. The summed E-state index contributed by atoms with van der Waals surface area (Å²) >= 11 is 0. The summed E-state index contributed by atoms with van der Waals surface area (Å²) in [5.74, 6) is 46.2. The third-order valence-corrected chi connectivity index (χ3v) is 4.03. The first-order valence-corrected chi connectivity index (χ1v) is 12.4. The minimum atomic E-state index is -0.177. The summed E-state index contributed by atoms with van der Waals surface area (Å²) in [5, 5.41) is 6.13. The molecule has 0 saturated carbocycles. The van der Waals surface area contributed by atoms with E-state index < -0.39 is 0 Å². The van der Waals surface area contributed by atoms with E-state index in [-0.39, 0.29) is 11.7 Å². The van der Waals surface area contributed by atoms with Gasteiger partial charge < -0.3 is 14.8 Å². The van der Waals surface area contributed by atoms with Gasteiger partial charge in [-0.2, -0.15) is 0 Å². The summed E-state index contributed by atoms with van der Waals surface area (Å²) in [6.45, 7) is 6.26. The van der Waals surface area contributed by atoms with Crippen LogP contribution in [-0.4, -0.2) is 31.4 Å². The van der Waals surface area contributed by atoms with E-state index in [1.807, 2.05) is 0 Å². The van der Waals surface area contributed by atoms with Crippen molar-refractivity contribution in [1.29, 1.82) is 0 Å². The van der Waals surface area contributed by atoms with E-state index in [1.54, 1.807) is 45.0 Å². The van der Waals surface area contributed by atoms with Gasteiger partial charge in [0, 0.05) is 30.0 Å². The highest BCUT2D eigenvalue weighted by molar-refractivity contribution is 5.94. The van der Waals surface area contributed by atoms with Crippen molar-refractivity contribution in [3.05, 3.63) is 40.3 Å². The molecule has 204 valence electrons. The van der Waals surface area contributed by atoms with Crippen LogP contribution in [0.2, 0.25) is 0 Å². The number of benzene rings is 1. The number of nitrogens with one attached hydrogen (secondary N) is 1. The molecule has 0 aliphatic carbocycles. The van der Waals surface area contributed by atoms with Crippen molar-refractivity contribution in [3.8, 4) is 112 Å². The second-order valence-electron chi connectivity index (χ2n) is 7.24. The van der Waals surface area contributed by atoms with Crippen molar-refractivity contribution in [3.63, 3.8) is 0 Å². The summed E-state index contributed by atoms with van der Waals surface area (Å²) in [4.78, 5) is 25.3. The maximum absolute atomic E-state index is 11.8. The van der Waals surface area contributed by atoms with Gasteiger partial charge >= 0.3 is 0 Å². The second-order valence-corrected chi connectivity index (χ2v) is 7.24. The Morgan fingerprint density at radius 2 is 1.21 bits per heavy atom. The lowest BCUT2D eigenvalue weighted by molar-refractivity contribution is -0.117. The summed E-state index contributed by atoms with van der Waals surface area (Å²) in [6.07, 6.45) is 1.80. The highest BCUT2D eigenvalue weighted by Crippen LogP contribution is 2.12. The number of carbonyl (C=O) groups excluding carboxylic acids is 2. The number of azide groups is 1. The maximum Gasteiger partial charge on any atom is 0.251 e. The summed E-state index contributed by atoms with van der Waals surface area (Å²) in [7, 11) is 0. The average molecular weight is 551 g/mol. The van der Waals surface area contributed by atoms with E-state index in [9.17, 15) is 9.59 Å². The molecule has 0 unspecified atom stereocenters. The molecule has 0 radical (unpaired) electrons. The average Bonchev–Trinajstić information content (AvgIpc) is 2.99. The van der Waals surface area contributed by atoms with Gasteiger partial charge in [0.1, 0.15) is 11.5 Å². The van der Waals surface area contributed by atoms with Gasteiger partial charge in [0.2, 0.25) is 0 Å². The molecule has 0 heterocycles. The second kappa shape index (κ2) is 27.5. The zero-order chi connectivity index (χ0) is 30.9. The molecule has 7 nitrogen and oxygen atoms in total. The molecule has 0 aliphatic heterocycles. The largest absolute Gasteiger partial charge is 0.494 e.